The molecule has 5 nitrogen and oxygen atoms in total. The van der Waals surface area contributed by atoms with E-state index < -0.39 is 0 Å². The fraction of sp³-hybridized carbons (Fsp3) is 0.292. The molecular weight excluding hydrogens is 364 g/mol. The van der Waals surface area contributed by atoms with Gasteiger partial charge in [-0.1, -0.05) is 36.4 Å². The third-order valence-corrected chi connectivity index (χ3v) is 5.42. The second kappa shape index (κ2) is 8.43. The third kappa shape index (κ3) is 4.14. The average molecular weight is 390 g/mol. The molecule has 1 amide bonds. The van der Waals surface area contributed by atoms with E-state index in [-0.39, 0.29) is 5.91 Å². The summed E-state index contributed by atoms with van der Waals surface area (Å²) in [6, 6.07) is 20.2. The zero-order valence-corrected chi connectivity index (χ0v) is 16.9. The van der Waals surface area contributed by atoms with Crippen molar-refractivity contribution in [1.29, 1.82) is 0 Å². The average Bonchev–Trinajstić information content (AvgIpc) is 3.33. The number of anilines is 1. The second-order valence-corrected chi connectivity index (χ2v) is 7.46. The van der Waals surface area contributed by atoms with E-state index in [1.54, 1.807) is 24.3 Å². The van der Waals surface area contributed by atoms with Gasteiger partial charge in [-0.2, -0.15) is 0 Å². The van der Waals surface area contributed by atoms with Crippen LogP contribution in [-0.4, -0.2) is 37.0 Å². The Labute approximate surface area is 171 Å². The number of furan rings is 1. The number of rotatable bonds is 7. The van der Waals surface area contributed by atoms with Gasteiger partial charge in [0.2, 0.25) is 0 Å². The Balaban J connectivity index is 1.40. The number of carbonyl (C=O) groups is 1. The van der Waals surface area contributed by atoms with Gasteiger partial charge in [0, 0.05) is 18.8 Å². The quantitative estimate of drug-likeness (QED) is 0.601. The fourth-order valence-corrected chi connectivity index (χ4v) is 3.80. The molecule has 1 aliphatic rings. The number of likely N-dealkylation sites (N-methyl/N-ethyl adjacent to an activating group) is 1. The van der Waals surface area contributed by atoms with Crippen LogP contribution in [0.25, 0.3) is 0 Å². The van der Waals surface area contributed by atoms with E-state index in [4.69, 9.17) is 9.15 Å². The zero-order chi connectivity index (χ0) is 20.2. The minimum atomic E-state index is -0.0504. The van der Waals surface area contributed by atoms with Crippen molar-refractivity contribution in [2.75, 3.05) is 25.1 Å². The normalized spacial score (nSPS) is 15.2. The van der Waals surface area contributed by atoms with Gasteiger partial charge in [-0.15, -0.1) is 0 Å². The number of carbonyl (C=O) groups excluding carboxylic acids is 1. The Hall–Kier alpha value is -3.21. The topological polar surface area (TPSA) is 45.9 Å². The van der Waals surface area contributed by atoms with Gasteiger partial charge in [-0.25, -0.2) is 0 Å². The first-order valence-electron chi connectivity index (χ1n) is 9.97. The molecule has 2 heterocycles. The smallest absolute Gasteiger partial charge is 0.257 e. The van der Waals surface area contributed by atoms with Crippen molar-refractivity contribution < 1.29 is 13.9 Å². The molecule has 0 saturated heterocycles. The number of benzene rings is 2. The van der Waals surface area contributed by atoms with Gasteiger partial charge in [0.1, 0.15) is 18.1 Å². The number of hydrogen-bond acceptors (Lipinski definition) is 4. The maximum absolute atomic E-state index is 13.0. The molecule has 0 N–H and O–H groups in total. The summed E-state index contributed by atoms with van der Waals surface area (Å²) in [5.41, 5.74) is 3.18. The Morgan fingerprint density at radius 2 is 1.90 bits per heavy atom. The summed E-state index contributed by atoms with van der Waals surface area (Å²) in [6.07, 6.45) is 2.61. The highest BCUT2D eigenvalue weighted by Crippen LogP contribution is 2.33. The van der Waals surface area contributed by atoms with E-state index in [2.05, 4.69) is 36.1 Å². The number of para-hydroxylation sites is 2. The summed E-state index contributed by atoms with van der Waals surface area (Å²) in [6.45, 7) is 3.73. The van der Waals surface area contributed by atoms with E-state index in [1.165, 1.54) is 11.3 Å². The first-order valence-corrected chi connectivity index (χ1v) is 9.97. The summed E-state index contributed by atoms with van der Waals surface area (Å²) in [4.78, 5) is 16.9. The van der Waals surface area contributed by atoms with Crippen molar-refractivity contribution in [2.45, 2.75) is 25.9 Å². The van der Waals surface area contributed by atoms with E-state index in [0.29, 0.717) is 37.1 Å². The van der Waals surface area contributed by atoms with Gasteiger partial charge in [0.25, 0.3) is 5.91 Å². The lowest BCUT2D eigenvalue weighted by Crippen LogP contribution is -2.33. The number of amides is 1. The van der Waals surface area contributed by atoms with E-state index in [0.717, 1.165) is 12.2 Å². The molecule has 1 atom stereocenters. The summed E-state index contributed by atoms with van der Waals surface area (Å²) < 4.78 is 11.4. The molecule has 2 aromatic carbocycles. The predicted molar refractivity (Wildman–Crippen MR) is 113 cm³/mol. The van der Waals surface area contributed by atoms with Gasteiger partial charge in [-0.3, -0.25) is 4.79 Å². The van der Waals surface area contributed by atoms with Crippen molar-refractivity contribution in [2.24, 2.45) is 0 Å². The SMILES string of the molecule is CC1Cc2ccccc2N1Cc1occc1C(=O)N(C)CCOc1ccccc1. The van der Waals surface area contributed by atoms with Crippen molar-refractivity contribution in [3.8, 4) is 5.75 Å². The van der Waals surface area contributed by atoms with Crippen LogP contribution in [0.2, 0.25) is 0 Å². The second-order valence-electron chi connectivity index (χ2n) is 7.46. The number of fused-ring (bicyclic) bond motifs is 1. The van der Waals surface area contributed by atoms with Gasteiger partial charge < -0.3 is 19.0 Å². The Kier molecular flexibility index (Phi) is 5.56. The highest BCUT2D eigenvalue weighted by atomic mass is 16.5. The number of nitrogens with zero attached hydrogens (tertiary/aromatic N) is 2. The molecule has 3 aromatic rings. The van der Waals surface area contributed by atoms with Crippen molar-refractivity contribution >= 4 is 11.6 Å². The maximum atomic E-state index is 13.0. The summed E-state index contributed by atoms with van der Waals surface area (Å²) in [7, 11) is 1.79. The van der Waals surface area contributed by atoms with E-state index >= 15 is 0 Å². The first-order chi connectivity index (χ1) is 14.1. The Bertz CT molecular complexity index is 967. The largest absolute Gasteiger partial charge is 0.492 e. The predicted octanol–water partition coefficient (Wildman–Crippen LogP) is 4.38. The lowest BCUT2D eigenvalue weighted by Gasteiger charge is -2.24. The highest BCUT2D eigenvalue weighted by molar-refractivity contribution is 5.95. The molecule has 0 bridgehead atoms. The van der Waals surface area contributed by atoms with Crippen LogP contribution in [0.3, 0.4) is 0 Å². The molecule has 29 heavy (non-hydrogen) atoms. The summed E-state index contributed by atoms with van der Waals surface area (Å²) in [5.74, 6) is 1.46. The fourth-order valence-electron chi connectivity index (χ4n) is 3.80. The van der Waals surface area contributed by atoms with Crippen LogP contribution in [0.5, 0.6) is 5.75 Å². The van der Waals surface area contributed by atoms with Crippen LogP contribution >= 0.6 is 0 Å². The standard InChI is InChI=1S/C24H26N2O3/c1-18-16-19-8-6-7-11-22(19)26(18)17-23-21(12-14-29-23)24(27)25(2)13-15-28-20-9-4-3-5-10-20/h3-12,14,18H,13,15-17H2,1-2H3. The lowest BCUT2D eigenvalue weighted by molar-refractivity contribution is 0.0771. The van der Waals surface area contributed by atoms with E-state index in [9.17, 15) is 4.79 Å². The minimum Gasteiger partial charge on any atom is -0.492 e. The van der Waals surface area contributed by atoms with Crippen LogP contribution in [0, 0.1) is 0 Å². The summed E-state index contributed by atoms with van der Waals surface area (Å²) in [5, 5.41) is 0. The van der Waals surface area contributed by atoms with Crippen LogP contribution in [0.15, 0.2) is 71.3 Å². The summed E-state index contributed by atoms with van der Waals surface area (Å²) >= 11 is 0. The molecule has 1 aliphatic heterocycles. The van der Waals surface area contributed by atoms with Crippen LogP contribution in [-0.2, 0) is 13.0 Å². The zero-order valence-electron chi connectivity index (χ0n) is 16.9. The molecule has 4 rings (SSSR count). The highest BCUT2D eigenvalue weighted by Gasteiger charge is 2.28. The molecule has 1 unspecified atom stereocenters. The molecule has 150 valence electrons. The lowest BCUT2D eigenvalue weighted by atomic mass is 10.1. The van der Waals surface area contributed by atoms with Gasteiger partial charge >= 0.3 is 0 Å². The molecule has 0 spiro atoms. The molecule has 0 fully saturated rings. The third-order valence-electron chi connectivity index (χ3n) is 5.42. The number of ether oxygens (including phenoxy) is 1. The molecule has 1 aromatic heterocycles. The Morgan fingerprint density at radius 1 is 1.14 bits per heavy atom. The molecule has 0 radical (unpaired) electrons. The van der Waals surface area contributed by atoms with Crippen molar-refractivity contribution in [1.82, 2.24) is 4.90 Å². The van der Waals surface area contributed by atoms with Crippen molar-refractivity contribution in [3.05, 3.63) is 83.8 Å². The van der Waals surface area contributed by atoms with Crippen LogP contribution in [0.1, 0.15) is 28.6 Å². The number of hydrogen-bond donors (Lipinski definition) is 0. The van der Waals surface area contributed by atoms with Gasteiger partial charge in [0.15, 0.2) is 0 Å². The Morgan fingerprint density at radius 3 is 2.72 bits per heavy atom. The molecule has 0 aliphatic carbocycles. The van der Waals surface area contributed by atoms with Gasteiger partial charge in [0.05, 0.1) is 24.9 Å². The van der Waals surface area contributed by atoms with Crippen molar-refractivity contribution in [3.63, 3.8) is 0 Å². The molecule has 0 saturated carbocycles. The first kappa shape index (κ1) is 19.1. The van der Waals surface area contributed by atoms with Crippen LogP contribution in [0.4, 0.5) is 5.69 Å². The minimum absolute atomic E-state index is 0.0504. The van der Waals surface area contributed by atoms with Crippen LogP contribution < -0.4 is 9.64 Å². The molecule has 5 heteroatoms. The maximum Gasteiger partial charge on any atom is 0.257 e. The molecular formula is C24H26N2O3. The van der Waals surface area contributed by atoms with Gasteiger partial charge in [-0.05, 0) is 43.2 Å². The van der Waals surface area contributed by atoms with E-state index in [1.807, 2.05) is 30.3 Å². The monoisotopic (exact) mass is 390 g/mol.